The van der Waals surface area contributed by atoms with Crippen molar-refractivity contribution in [2.75, 3.05) is 0 Å². The first-order valence-electron chi connectivity index (χ1n) is 4.48. The smallest absolute Gasteiger partial charge is 0.107 e. The lowest BCUT2D eigenvalue weighted by atomic mass is 10.1. The van der Waals surface area contributed by atoms with Crippen LogP contribution < -0.4 is 0 Å². The number of aromatic nitrogens is 2. The Morgan fingerprint density at radius 2 is 2.31 bits per heavy atom. The van der Waals surface area contributed by atoms with E-state index in [1.165, 1.54) is 11.1 Å². The highest BCUT2D eigenvalue weighted by molar-refractivity contribution is 5.86. The highest BCUT2D eigenvalue weighted by atomic mass is 15.1. The van der Waals surface area contributed by atoms with E-state index in [1.54, 1.807) is 0 Å². The summed E-state index contributed by atoms with van der Waals surface area (Å²) in [6.45, 7) is 3.02. The number of hydrogen-bond acceptors (Lipinski definition) is 1. The van der Waals surface area contributed by atoms with E-state index in [0.717, 1.165) is 17.9 Å². The number of hydrogen-bond donors (Lipinski definition) is 0. The number of benzene rings is 1. The van der Waals surface area contributed by atoms with Crippen molar-refractivity contribution in [2.45, 2.75) is 13.5 Å². The van der Waals surface area contributed by atoms with E-state index < -0.39 is 0 Å². The van der Waals surface area contributed by atoms with Crippen LogP contribution in [-0.2, 0) is 6.54 Å². The summed E-state index contributed by atoms with van der Waals surface area (Å²) < 4.78 is 2.25. The molecule has 0 spiro atoms. The maximum atomic E-state index is 4.51. The van der Waals surface area contributed by atoms with E-state index in [1.807, 2.05) is 0 Å². The molecule has 1 aliphatic heterocycles. The van der Waals surface area contributed by atoms with E-state index in [0.29, 0.717) is 0 Å². The maximum absolute atomic E-state index is 4.51. The molecule has 0 bridgehead atoms. The van der Waals surface area contributed by atoms with Gasteiger partial charge >= 0.3 is 0 Å². The van der Waals surface area contributed by atoms with E-state index in [9.17, 15) is 0 Å². The first kappa shape index (κ1) is 6.89. The van der Waals surface area contributed by atoms with Gasteiger partial charge in [0.05, 0.1) is 11.0 Å². The van der Waals surface area contributed by atoms with Gasteiger partial charge in [-0.05, 0) is 13.0 Å². The molecule has 0 N–H and O–H groups in total. The number of nitrogens with zero attached hydrogens (tertiary/aromatic N) is 2. The van der Waals surface area contributed by atoms with Crippen molar-refractivity contribution in [2.24, 2.45) is 0 Å². The van der Waals surface area contributed by atoms with Crippen molar-refractivity contribution in [3.63, 3.8) is 0 Å². The first-order chi connectivity index (χ1) is 6.36. The molecule has 1 aromatic heterocycles. The third kappa shape index (κ3) is 0.800. The average Bonchev–Trinajstić information content (AvgIpc) is 2.47. The Kier molecular flexibility index (Phi) is 1.18. The lowest BCUT2D eigenvalue weighted by Crippen LogP contribution is -2.01. The van der Waals surface area contributed by atoms with Gasteiger partial charge in [-0.2, -0.15) is 0 Å². The van der Waals surface area contributed by atoms with Gasteiger partial charge in [-0.25, -0.2) is 4.98 Å². The van der Waals surface area contributed by atoms with Gasteiger partial charge in [-0.3, -0.25) is 0 Å². The summed E-state index contributed by atoms with van der Waals surface area (Å²) in [5.41, 5.74) is 3.67. The molecular weight excluding hydrogens is 160 g/mol. The predicted molar refractivity (Wildman–Crippen MR) is 53.5 cm³/mol. The van der Waals surface area contributed by atoms with Crippen molar-refractivity contribution in [1.82, 2.24) is 9.55 Å². The number of imidazole rings is 1. The molecule has 2 aromatic rings. The molecule has 3 rings (SSSR count). The van der Waals surface area contributed by atoms with Crippen LogP contribution in [0.1, 0.15) is 11.4 Å². The molecule has 0 radical (unpaired) electrons. The topological polar surface area (TPSA) is 17.8 Å². The Balaban J connectivity index is 2.56. The zero-order chi connectivity index (χ0) is 8.84. The Bertz CT molecular complexity index is 506. The summed E-state index contributed by atoms with van der Waals surface area (Å²) in [6, 6.07) is 6.27. The lowest BCUT2D eigenvalue weighted by Gasteiger charge is -2.09. The van der Waals surface area contributed by atoms with Gasteiger partial charge in [-0.1, -0.05) is 24.3 Å². The molecule has 0 aliphatic carbocycles. The second-order valence-electron chi connectivity index (χ2n) is 3.39. The molecule has 0 amide bonds. The van der Waals surface area contributed by atoms with Crippen molar-refractivity contribution in [3.8, 4) is 0 Å². The van der Waals surface area contributed by atoms with Crippen molar-refractivity contribution in [3.05, 3.63) is 35.7 Å². The molecule has 1 aliphatic rings. The average molecular weight is 170 g/mol. The fourth-order valence-electron chi connectivity index (χ4n) is 1.97. The summed E-state index contributed by atoms with van der Waals surface area (Å²) in [7, 11) is 0. The van der Waals surface area contributed by atoms with Crippen LogP contribution >= 0.6 is 0 Å². The zero-order valence-electron chi connectivity index (χ0n) is 7.49. The Morgan fingerprint density at radius 1 is 1.38 bits per heavy atom. The maximum Gasteiger partial charge on any atom is 0.107 e. The van der Waals surface area contributed by atoms with Gasteiger partial charge in [0.2, 0.25) is 0 Å². The van der Waals surface area contributed by atoms with Gasteiger partial charge < -0.3 is 4.57 Å². The molecule has 2 nitrogen and oxygen atoms in total. The molecule has 0 unspecified atom stereocenters. The third-order valence-electron chi connectivity index (χ3n) is 2.57. The highest BCUT2D eigenvalue weighted by Crippen LogP contribution is 2.24. The summed E-state index contributed by atoms with van der Waals surface area (Å²) in [5.74, 6) is 1.10. The largest absolute Gasteiger partial charge is 0.324 e. The van der Waals surface area contributed by atoms with Gasteiger partial charge in [-0.15, -0.1) is 0 Å². The molecular formula is C11H10N2. The third-order valence-corrected chi connectivity index (χ3v) is 2.57. The van der Waals surface area contributed by atoms with Gasteiger partial charge in [0, 0.05) is 12.1 Å². The summed E-state index contributed by atoms with van der Waals surface area (Å²) >= 11 is 0. The van der Waals surface area contributed by atoms with Crippen LogP contribution in [0.2, 0.25) is 0 Å². The van der Waals surface area contributed by atoms with Crippen LogP contribution in [0.3, 0.4) is 0 Å². The van der Waals surface area contributed by atoms with Crippen LogP contribution in [-0.4, -0.2) is 9.55 Å². The van der Waals surface area contributed by atoms with Crippen LogP contribution in [0.5, 0.6) is 0 Å². The lowest BCUT2D eigenvalue weighted by molar-refractivity contribution is 0.803. The SMILES string of the molecule is Cc1nc2cccc3c2n1CC=C3. The van der Waals surface area contributed by atoms with Crippen LogP contribution in [0.15, 0.2) is 24.3 Å². The minimum atomic E-state index is 0.958. The van der Waals surface area contributed by atoms with E-state index >= 15 is 0 Å². The minimum Gasteiger partial charge on any atom is -0.324 e. The highest BCUT2D eigenvalue weighted by Gasteiger charge is 2.11. The molecule has 0 fully saturated rings. The molecule has 0 atom stereocenters. The second-order valence-corrected chi connectivity index (χ2v) is 3.39. The van der Waals surface area contributed by atoms with Crippen molar-refractivity contribution in [1.29, 1.82) is 0 Å². The molecule has 1 aromatic carbocycles. The van der Waals surface area contributed by atoms with Gasteiger partial charge in [0.1, 0.15) is 5.82 Å². The quantitative estimate of drug-likeness (QED) is 0.593. The van der Waals surface area contributed by atoms with E-state index in [4.69, 9.17) is 0 Å². The molecule has 0 saturated carbocycles. The van der Waals surface area contributed by atoms with E-state index in [2.05, 4.69) is 46.8 Å². The number of allylic oxidation sites excluding steroid dienone is 1. The van der Waals surface area contributed by atoms with Crippen LogP contribution in [0.25, 0.3) is 17.1 Å². The van der Waals surface area contributed by atoms with Crippen LogP contribution in [0.4, 0.5) is 0 Å². The minimum absolute atomic E-state index is 0.958. The van der Waals surface area contributed by atoms with Crippen molar-refractivity contribution < 1.29 is 0 Å². The van der Waals surface area contributed by atoms with Gasteiger partial charge in [0.15, 0.2) is 0 Å². The second kappa shape index (κ2) is 2.22. The Labute approximate surface area is 76.5 Å². The fourth-order valence-corrected chi connectivity index (χ4v) is 1.97. The standard InChI is InChI=1S/C11H10N2/c1-8-12-10-6-2-4-9-5-3-7-13(8)11(9)10/h2-6H,7H2,1H3. The molecule has 13 heavy (non-hydrogen) atoms. The normalized spacial score (nSPS) is 13.9. The van der Waals surface area contributed by atoms with Crippen molar-refractivity contribution >= 4 is 17.1 Å². The summed E-state index contributed by atoms with van der Waals surface area (Å²) in [5, 5.41) is 0. The Morgan fingerprint density at radius 3 is 3.23 bits per heavy atom. The molecule has 2 heteroatoms. The first-order valence-corrected chi connectivity index (χ1v) is 4.48. The van der Waals surface area contributed by atoms with Crippen LogP contribution in [0, 0.1) is 6.92 Å². The zero-order valence-corrected chi connectivity index (χ0v) is 7.49. The summed E-state index contributed by atoms with van der Waals surface area (Å²) in [6.07, 6.45) is 4.35. The summed E-state index contributed by atoms with van der Waals surface area (Å²) in [4.78, 5) is 4.51. The van der Waals surface area contributed by atoms with Gasteiger partial charge in [0.25, 0.3) is 0 Å². The number of para-hydroxylation sites is 1. The monoisotopic (exact) mass is 170 g/mol. The number of rotatable bonds is 0. The number of aryl methyl sites for hydroxylation is 1. The molecule has 2 heterocycles. The molecule has 0 saturated heterocycles. The predicted octanol–water partition coefficient (Wildman–Crippen LogP) is 2.37. The molecule has 64 valence electrons. The Hall–Kier alpha value is -1.57. The fraction of sp³-hybridized carbons (Fsp3) is 0.182. The van der Waals surface area contributed by atoms with E-state index in [-0.39, 0.29) is 0 Å².